The Kier molecular flexibility index (Phi) is 10.6. The van der Waals surface area contributed by atoms with E-state index in [2.05, 4.69) is 20.9 Å². The minimum absolute atomic E-state index is 0. The molecule has 29 heavy (non-hydrogen) atoms. The van der Waals surface area contributed by atoms with E-state index in [4.69, 9.17) is 4.74 Å². The second kappa shape index (κ2) is 12.1. The third kappa shape index (κ3) is 10.0. The Bertz CT molecular complexity index is 651. The van der Waals surface area contributed by atoms with Crippen molar-refractivity contribution in [2.45, 2.75) is 77.6 Å². The first kappa shape index (κ1) is 25.3. The molecule has 7 nitrogen and oxygen atoms in total. The van der Waals surface area contributed by atoms with Crippen LogP contribution in [0.25, 0.3) is 0 Å². The highest BCUT2D eigenvalue weighted by atomic mass is 127. The number of alkyl carbamates (subject to hydrolysis) is 1. The average molecular weight is 518 g/mol. The van der Waals surface area contributed by atoms with Gasteiger partial charge >= 0.3 is 6.09 Å². The van der Waals surface area contributed by atoms with Crippen LogP contribution in [0.3, 0.4) is 0 Å². The number of carbonyl (C=O) groups excluding carboxylic acids is 1. The predicted octanol–water partition coefficient (Wildman–Crippen LogP) is 3.90. The summed E-state index contributed by atoms with van der Waals surface area (Å²) in [4.78, 5) is 16.6. The molecular weight excluding hydrogens is 483 g/mol. The Morgan fingerprint density at radius 2 is 1.66 bits per heavy atom. The number of carbonyl (C=O) groups is 1. The van der Waals surface area contributed by atoms with E-state index < -0.39 is 5.60 Å². The highest BCUT2D eigenvalue weighted by Gasteiger charge is 2.25. The lowest BCUT2D eigenvalue weighted by Gasteiger charge is -2.31. The number of hydrogen-bond donors (Lipinski definition) is 4. The number of phenolic OH excluding ortho intramolecular Hbond substituents is 1. The Morgan fingerprint density at radius 3 is 2.17 bits per heavy atom. The van der Waals surface area contributed by atoms with Gasteiger partial charge in [0.1, 0.15) is 11.4 Å². The number of phenols is 1. The van der Waals surface area contributed by atoms with Crippen molar-refractivity contribution < 1.29 is 14.6 Å². The maximum absolute atomic E-state index is 11.9. The van der Waals surface area contributed by atoms with Crippen LogP contribution < -0.4 is 16.0 Å². The maximum Gasteiger partial charge on any atom is 0.407 e. The molecule has 8 heteroatoms. The molecule has 0 radical (unpaired) electrons. The predicted molar refractivity (Wildman–Crippen MR) is 127 cm³/mol. The van der Waals surface area contributed by atoms with E-state index in [1.807, 2.05) is 39.8 Å². The summed E-state index contributed by atoms with van der Waals surface area (Å²) < 4.78 is 5.33. The van der Waals surface area contributed by atoms with E-state index in [0.717, 1.165) is 43.8 Å². The van der Waals surface area contributed by atoms with Gasteiger partial charge in [0.05, 0.1) is 6.54 Å². The number of nitrogens with zero attached hydrogens (tertiary/aromatic N) is 1. The summed E-state index contributed by atoms with van der Waals surface area (Å²) in [6.45, 7) is 8.98. The molecule has 164 valence electrons. The second-order valence-electron chi connectivity index (χ2n) is 8.20. The smallest absolute Gasteiger partial charge is 0.407 e. The summed E-state index contributed by atoms with van der Waals surface area (Å²) in [5, 5.41) is 19.1. The summed E-state index contributed by atoms with van der Waals surface area (Å²) in [5.41, 5.74) is 0.567. The Balaban J connectivity index is 0.00000420. The number of aliphatic imine (C=N–C) groups is 1. The van der Waals surface area contributed by atoms with Gasteiger partial charge in [-0.05, 0) is 71.1 Å². The number of guanidine groups is 1. The van der Waals surface area contributed by atoms with Gasteiger partial charge in [-0.1, -0.05) is 12.1 Å². The van der Waals surface area contributed by atoms with Crippen molar-refractivity contribution in [2.75, 3.05) is 6.54 Å². The van der Waals surface area contributed by atoms with Gasteiger partial charge in [0.15, 0.2) is 5.96 Å². The lowest BCUT2D eigenvalue weighted by molar-refractivity contribution is 0.0490. The minimum atomic E-state index is -0.475. The van der Waals surface area contributed by atoms with Crippen LogP contribution in [0.15, 0.2) is 29.3 Å². The first-order valence-corrected chi connectivity index (χ1v) is 10.1. The second-order valence-corrected chi connectivity index (χ2v) is 8.20. The van der Waals surface area contributed by atoms with E-state index in [1.54, 1.807) is 12.1 Å². The first-order valence-electron chi connectivity index (χ1n) is 10.1. The maximum atomic E-state index is 11.9. The number of amides is 1. The van der Waals surface area contributed by atoms with E-state index in [0.29, 0.717) is 12.6 Å². The largest absolute Gasteiger partial charge is 0.508 e. The summed E-state index contributed by atoms with van der Waals surface area (Å²) in [6, 6.07) is 7.57. The molecular formula is C21H35IN4O3. The highest BCUT2D eigenvalue weighted by molar-refractivity contribution is 14.0. The van der Waals surface area contributed by atoms with Crippen LogP contribution in [0.4, 0.5) is 4.79 Å². The minimum Gasteiger partial charge on any atom is -0.508 e. The van der Waals surface area contributed by atoms with Crippen molar-refractivity contribution in [2.24, 2.45) is 4.99 Å². The van der Waals surface area contributed by atoms with Crippen LogP contribution in [0, 0.1) is 0 Å². The van der Waals surface area contributed by atoms with Gasteiger partial charge in [-0.2, -0.15) is 0 Å². The molecule has 1 amide bonds. The lowest BCUT2D eigenvalue weighted by atomic mass is 9.91. The fourth-order valence-electron chi connectivity index (χ4n) is 3.14. The fraction of sp³-hybridized carbons (Fsp3) is 0.619. The van der Waals surface area contributed by atoms with Gasteiger partial charge in [-0.3, -0.25) is 0 Å². The van der Waals surface area contributed by atoms with Crippen molar-refractivity contribution >= 4 is 36.0 Å². The fourth-order valence-corrected chi connectivity index (χ4v) is 3.14. The summed E-state index contributed by atoms with van der Waals surface area (Å²) in [5.74, 6) is 1.05. The molecule has 0 unspecified atom stereocenters. The summed E-state index contributed by atoms with van der Waals surface area (Å²) in [6.07, 6.45) is 3.41. The lowest BCUT2D eigenvalue weighted by Crippen LogP contribution is -2.48. The highest BCUT2D eigenvalue weighted by Crippen LogP contribution is 2.19. The summed E-state index contributed by atoms with van der Waals surface area (Å²) >= 11 is 0. The van der Waals surface area contributed by atoms with Crippen LogP contribution in [0.1, 0.15) is 58.9 Å². The van der Waals surface area contributed by atoms with Crippen molar-refractivity contribution in [3.05, 3.63) is 29.8 Å². The zero-order valence-corrected chi connectivity index (χ0v) is 20.2. The van der Waals surface area contributed by atoms with Crippen molar-refractivity contribution in [3.8, 4) is 5.75 Å². The molecule has 1 saturated carbocycles. The van der Waals surface area contributed by atoms with Gasteiger partial charge in [-0.25, -0.2) is 9.79 Å². The molecule has 0 bridgehead atoms. The molecule has 0 aliphatic heterocycles. The van der Waals surface area contributed by atoms with Crippen molar-refractivity contribution in [1.82, 2.24) is 16.0 Å². The SMILES string of the molecule is CCNC(=NCc1ccc(O)cc1)NC1CCC(NC(=O)OC(C)(C)C)CC1.I. The Hall–Kier alpha value is -1.71. The van der Waals surface area contributed by atoms with Gasteiger partial charge in [-0.15, -0.1) is 24.0 Å². The number of hydrogen-bond acceptors (Lipinski definition) is 4. The standard InChI is InChI=1S/C21H34N4O3.HI/c1-5-22-19(23-14-15-6-12-18(26)13-7-15)24-16-8-10-17(11-9-16)25-20(27)28-21(2,3)4;/h6-7,12-13,16-17,26H,5,8-11,14H2,1-4H3,(H,25,27)(H2,22,23,24);1H. The van der Waals surface area contributed by atoms with Crippen molar-refractivity contribution in [3.63, 3.8) is 0 Å². The van der Waals surface area contributed by atoms with Crippen LogP contribution in [-0.4, -0.2) is 41.4 Å². The normalized spacial score (nSPS) is 19.7. The quantitative estimate of drug-likeness (QED) is 0.270. The van der Waals surface area contributed by atoms with Gasteiger partial charge in [0.25, 0.3) is 0 Å². The van der Waals surface area contributed by atoms with E-state index in [-0.39, 0.29) is 41.9 Å². The van der Waals surface area contributed by atoms with Crippen LogP contribution in [0.2, 0.25) is 0 Å². The van der Waals surface area contributed by atoms with Crippen LogP contribution in [-0.2, 0) is 11.3 Å². The van der Waals surface area contributed by atoms with E-state index >= 15 is 0 Å². The molecule has 2 rings (SSSR count). The summed E-state index contributed by atoms with van der Waals surface area (Å²) in [7, 11) is 0. The zero-order chi connectivity index (χ0) is 20.6. The molecule has 1 aromatic carbocycles. The molecule has 4 N–H and O–H groups in total. The van der Waals surface area contributed by atoms with Gasteiger partial charge in [0, 0.05) is 18.6 Å². The third-order valence-corrected chi connectivity index (χ3v) is 4.49. The molecule has 1 aromatic rings. The average Bonchev–Trinajstić information content (AvgIpc) is 2.61. The Labute approximate surface area is 191 Å². The monoisotopic (exact) mass is 518 g/mol. The third-order valence-electron chi connectivity index (χ3n) is 4.49. The van der Waals surface area contributed by atoms with Crippen LogP contribution in [0.5, 0.6) is 5.75 Å². The molecule has 1 fully saturated rings. The Morgan fingerprint density at radius 1 is 1.10 bits per heavy atom. The molecule has 0 aromatic heterocycles. The molecule has 0 heterocycles. The number of rotatable bonds is 5. The number of aromatic hydroxyl groups is 1. The van der Waals surface area contributed by atoms with Gasteiger partial charge < -0.3 is 25.8 Å². The van der Waals surface area contributed by atoms with Crippen molar-refractivity contribution in [1.29, 1.82) is 0 Å². The molecule has 0 saturated heterocycles. The number of ether oxygens (including phenoxy) is 1. The first-order chi connectivity index (χ1) is 13.2. The molecule has 1 aliphatic rings. The number of nitrogens with one attached hydrogen (secondary N) is 3. The number of halogens is 1. The zero-order valence-electron chi connectivity index (χ0n) is 17.8. The topological polar surface area (TPSA) is 95.0 Å². The van der Waals surface area contributed by atoms with E-state index in [9.17, 15) is 9.90 Å². The van der Waals surface area contributed by atoms with E-state index in [1.165, 1.54) is 0 Å². The van der Waals surface area contributed by atoms with Crippen LogP contribution >= 0.6 is 24.0 Å². The molecule has 0 atom stereocenters. The van der Waals surface area contributed by atoms with Gasteiger partial charge in [0.2, 0.25) is 0 Å². The number of benzene rings is 1. The molecule has 0 spiro atoms. The molecule has 1 aliphatic carbocycles.